The van der Waals surface area contributed by atoms with Crippen LogP contribution in [0.3, 0.4) is 0 Å². The first-order valence-electron chi connectivity index (χ1n) is 12.7. The third-order valence-corrected chi connectivity index (χ3v) is 6.56. The number of rotatable bonds is 8. The molecule has 39 heavy (non-hydrogen) atoms. The van der Waals surface area contributed by atoms with Crippen molar-refractivity contribution in [3.63, 3.8) is 0 Å². The average Bonchev–Trinajstić information content (AvgIpc) is 3.29. The standard InChI is InChI=1S/C26H27F4N7O2/c1-3-31-21-11-20-18(14-33-21)23(15-12-34-25(35-13-15)38-4-2)36-37(20)16-5-7-17(8-6-16)39-24-22(27)19(9-10-32-24)26(28,29)30/h9-14,16-17H,3-8H2,1-2H3,(H,31,33). The molecule has 4 aromatic rings. The van der Waals surface area contributed by atoms with Gasteiger partial charge in [0.1, 0.15) is 17.6 Å². The minimum absolute atomic E-state index is 0.0130. The number of nitrogens with zero attached hydrogens (tertiary/aromatic N) is 6. The minimum atomic E-state index is -4.82. The predicted molar refractivity (Wildman–Crippen MR) is 135 cm³/mol. The lowest BCUT2D eigenvalue weighted by atomic mass is 9.93. The quantitative estimate of drug-likeness (QED) is 0.276. The maximum Gasteiger partial charge on any atom is 0.419 e. The number of anilines is 1. The fraction of sp³-hybridized carbons (Fsp3) is 0.423. The second kappa shape index (κ2) is 11.0. The monoisotopic (exact) mass is 545 g/mol. The van der Waals surface area contributed by atoms with Crippen molar-refractivity contribution in [1.82, 2.24) is 29.7 Å². The summed E-state index contributed by atoms with van der Waals surface area (Å²) in [6, 6.07) is 2.81. The summed E-state index contributed by atoms with van der Waals surface area (Å²) >= 11 is 0. The molecule has 5 rings (SSSR count). The summed E-state index contributed by atoms with van der Waals surface area (Å²) in [5, 5.41) is 8.96. The highest BCUT2D eigenvalue weighted by Gasteiger charge is 2.36. The van der Waals surface area contributed by atoms with E-state index >= 15 is 0 Å². The Bertz CT molecular complexity index is 1440. The molecule has 0 radical (unpaired) electrons. The summed E-state index contributed by atoms with van der Waals surface area (Å²) in [6.07, 6.45) is 2.94. The Labute approximate surface area is 221 Å². The summed E-state index contributed by atoms with van der Waals surface area (Å²) in [5.41, 5.74) is 0.875. The zero-order chi connectivity index (χ0) is 27.6. The van der Waals surface area contributed by atoms with Crippen molar-refractivity contribution in [3.8, 4) is 23.1 Å². The van der Waals surface area contributed by atoms with Crippen LogP contribution in [0.15, 0.2) is 36.9 Å². The zero-order valence-electron chi connectivity index (χ0n) is 21.4. The molecule has 0 aromatic carbocycles. The maximum absolute atomic E-state index is 14.4. The van der Waals surface area contributed by atoms with Crippen molar-refractivity contribution in [2.24, 2.45) is 0 Å². The molecule has 4 heterocycles. The topological polar surface area (TPSA) is 99.9 Å². The van der Waals surface area contributed by atoms with Crippen molar-refractivity contribution >= 4 is 16.7 Å². The fourth-order valence-electron chi connectivity index (χ4n) is 4.73. The molecule has 0 atom stereocenters. The van der Waals surface area contributed by atoms with Gasteiger partial charge < -0.3 is 14.8 Å². The summed E-state index contributed by atoms with van der Waals surface area (Å²) in [5.74, 6) is -1.41. The van der Waals surface area contributed by atoms with Gasteiger partial charge in [-0.25, -0.2) is 24.3 Å². The molecule has 1 N–H and O–H groups in total. The number of nitrogens with one attached hydrogen (secondary N) is 1. The first-order chi connectivity index (χ1) is 18.8. The van der Waals surface area contributed by atoms with Gasteiger partial charge in [0.25, 0.3) is 5.88 Å². The van der Waals surface area contributed by atoms with Gasteiger partial charge in [0, 0.05) is 48.3 Å². The Kier molecular flexibility index (Phi) is 7.49. The Morgan fingerprint density at radius 3 is 2.44 bits per heavy atom. The van der Waals surface area contributed by atoms with Crippen molar-refractivity contribution in [3.05, 3.63) is 48.3 Å². The lowest BCUT2D eigenvalue weighted by Crippen LogP contribution is -2.27. The van der Waals surface area contributed by atoms with E-state index in [0.29, 0.717) is 62.0 Å². The summed E-state index contributed by atoms with van der Waals surface area (Å²) in [6.45, 7) is 4.99. The van der Waals surface area contributed by atoms with E-state index in [1.54, 1.807) is 18.6 Å². The Hall–Kier alpha value is -4.03. The van der Waals surface area contributed by atoms with Gasteiger partial charge >= 0.3 is 12.2 Å². The summed E-state index contributed by atoms with van der Waals surface area (Å²) in [7, 11) is 0. The minimum Gasteiger partial charge on any atom is -0.472 e. The van der Waals surface area contributed by atoms with E-state index in [-0.39, 0.29) is 12.1 Å². The largest absolute Gasteiger partial charge is 0.472 e. The summed E-state index contributed by atoms with van der Waals surface area (Å²) < 4.78 is 66.5. The van der Waals surface area contributed by atoms with E-state index in [0.717, 1.165) is 17.1 Å². The second-order valence-corrected chi connectivity index (χ2v) is 9.12. The highest BCUT2D eigenvalue weighted by atomic mass is 19.4. The van der Waals surface area contributed by atoms with Gasteiger partial charge in [-0.3, -0.25) is 4.68 Å². The van der Waals surface area contributed by atoms with Crippen LogP contribution in [-0.2, 0) is 6.18 Å². The Morgan fingerprint density at radius 1 is 1.03 bits per heavy atom. The molecule has 0 bridgehead atoms. The SMILES string of the molecule is CCNc1cc2c(cn1)c(-c1cnc(OCC)nc1)nn2C1CCC(Oc2nccc(C(F)(F)F)c2F)CC1. The number of fused-ring (bicyclic) bond motifs is 1. The Morgan fingerprint density at radius 2 is 1.77 bits per heavy atom. The van der Waals surface area contributed by atoms with Gasteiger partial charge in [-0.15, -0.1) is 0 Å². The van der Waals surface area contributed by atoms with E-state index in [1.807, 2.05) is 24.6 Å². The van der Waals surface area contributed by atoms with E-state index in [9.17, 15) is 17.6 Å². The molecule has 9 nitrogen and oxygen atoms in total. The fourth-order valence-corrected chi connectivity index (χ4v) is 4.73. The molecular weight excluding hydrogens is 518 g/mol. The first kappa shape index (κ1) is 26.6. The van der Waals surface area contributed by atoms with E-state index in [2.05, 4.69) is 25.3 Å². The van der Waals surface area contributed by atoms with Gasteiger partial charge in [-0.2, -0.15) is 18.3 Å². The van der Waals surface area contributed by atoms with Gasteiger partial charge in [0.15, 0.2) is 5.82 Å². The molecule has 1 aliphatic carbocycles. The van der Waals surface area contributed by atoms with E-state index < -0.39 is 29.5 Å². The molecule has 1 fully saturated rings. The number of pyridine rings is 2. The Balaban J connectivity index is 1.39. The van der Waals surface area contributed by atoms with Crippen LogP contribution in [0.1, 0.15) is 51.1 Å². The molecule has 0 aliphatic heterocycles. The highest BCUT2D eigenvalue weighted by molar-refractivity contribution is 5.93. The molecule has 13 heteroatoms. The third-order valence-electron chi connectivity index (χ3n) is 6.56. The molecule has 0 amide bonds. The van der Waals surface area contributed by atoms with Crippen molar-refractivity contribution in [2.75, 3.05) is 18.5 Å². The molecule has 1 saturated carbocycles. The van der Waals surface area contributed by atoms with Crippen LogP contribution in [0.25, 0.3) is 22.2 Å². The molecular formula is C26H27F4N7O2. The number of hydrogen-bond acceptors (Lipinski definition) is 8. The van der Waals surface area contributed by atoms with E-state index in [4.69, 9.17) is 14.6 Å². The second-order valence-electron chi connectivity index (χ2n) is 9.12. The van der Waals surface area contributed by atoms with Gasteiger partial charge in [-0.05, 0) is 45.6 Å². The zero-order valence-corrected chi connectivity index (χ0v) is 21.4. The van der Waals surface area contributed by atoms with Gasteiger partial charge in [-0.1, -0.05) is 0 Å². The third kappa shape index (κ3) is 5.57. The lowest BCUT2D eigenvalue weighted by Gasteiger charge is -2.29. The van der Waals surface area contributed by atoms with Crippen LogP contribution >= 0.6 is 0 Å². The molecule has 206 valence electrons. The number of alkyl halides is 3. The highest BCUT2D eigenvalue weighted by Crippen LogP contribution is 2.38. The van der Waals surface area contributed by atoms with Crippen molar-refractivity contribution in [1.29, 1.82) is 0 Å². The summed E-state index contributed by atoms with van der Waals surface area (Å²) in [4.78, 5) is 16.7. The van der Waals surface area contributed by atoms with Crippen LogP contribution < -0.4 is 14.8 Å². The van der Waals surface area contributed by atoms with Crippen molar-refractivity contribution < 1.29 is 27.0 Å². The lowest BCUT2D eigenvalue weighted by molar-refractivity contribution is -0.140. The smallest absolute Gasteiger partial charge is 0.419 e. The molecule has 0 spiro atoms. The number of hydrogen-bond donors (Lipinski definition) is 1. The van der Waals surface area contributed by atoms with Crippen LogP contribution in [-0.4, -0.2) is 49.0 Å². The van der Waals surface area contributed by atoms with Gasteiger partial charge in [0.2, 0.25) is 0 Å². The normalized spacial score (nSPS) is 17.8. The molecule has 0 saturated heterocycles. The first-order valence-corrected chi connectivity index (χ1v) is 12.7. The number of aromatic nitrogens is 6. The van der Waals surface area contributed by atoms with Crippen LogP contribution in [0.4, 0.5) is 23.4 Å². The molecule has 4 aromatic heterocycles. The van der Waals surface area contributed by atoms with Crippen LogP contribution in [0, 0.1) is 5.82 Å². The van der Waals surface area contributed by atoms with Crippen LogP contribution in [0.2, 0.25) is 0 Å². The number of ether oxygens (including phenoxy) is 2. The molecule has 1 aliphatic rings. The van der Waals surface area contributed by atoms with Crippen LogP contribution in [0.5, 0.6) is 11.9 Å². The maximum atomic E-state index is 14.4. The average molecular weight is 546 g/mol. The van der Waals surface area contributed by atoms with Gasteiger partial charge in [0.05, 0.1) is 23.7 Å². The van der Waals surface area contributed by atoms with E-state index in [1.165, 1.54) is 0 Å². The molecule has 0 unspecified atom stereocenters. The van der Waals surface area contributed by atoms with Crippen molar-refractivity contribution in [2.45, 2.75) is 57.9 Å². The number of halogens is 4. The predicted octanol–water partition coefficient (Wildman–Crippen LogP) is 5.83.